The summed E-state index contributed by atoms with van der Waals surface area (Å²) in [5.74, 6) is 1.33. The zero-order valence-electron chi connectivity index (χ0n) is 7.01. The minimum Gasteiger partial charge on any atom is -0.383 e. The first-order valence-electron chi connectivity index (χ1n) is 4.54. The Kier molecular flexibility index (Phi) is 2.02. The molecule has 1 heterocycles. The molecule has 0 unspecified atom stereocenters. The van der Waals surface area contributed by atoms with Crippen molar-refractivity contribution in [3.05, 3.63) is 22.2 Å². The second kappa shape index (κ2) is 3.17. The van der Waals surface area contributed by atoms with Crippen molar-refractivity contribution in [2.24, 2.45) is 0 Å². The first kappa shape index (κ1) is 7.65. The molecule has 0 spiro atoms. The fraction of sp³-hybridized carbons (Fsp3) is 0.667. The van der Waals surface area contributed by atoms with Crippen molar-refractivity contribution in [1.29, 1.82) is 0 Å². The lowest BCUT2D eigenvalue weighted by Gasteiger charge is -2.18. The van der Waals surface area contributed by atoms with Crippen molar-refractivity contribution >= 4 is 0 Å². The van der Waals surface area contributed by atoms with E-state index in [1.165, 1.54) is 32.1 Å². The molecule has 0 amide bonds. The molecule has 1 aromatic rings. The van der Waals surface area contributed by atoms with Crippen LogP contribution in [0.15, 0.2) is 15.4 Å². The molecule has 3 heteroatoms. The summed E-state index contributed by atoms with van der Waals surface area (Å²) in [4.78, 5) is 10.8. The standard InChI is InChI=1S/C9H13NO2/c11-9-6-8(12-10-9)7-4-2-1-3-5-7/h6-7H,1-5H2,(H,10,11). The predicted molar refractivity (Wildman–Crippen MR) is 45.2 cm³/mol. The summed E-state index contributed by atoms with van der Waals surface area (Å²) < 4.78 is 5.07. The highest BCUT2D eigenvalue weighted by molar-refractivity contribution is 5.02. The van der Waals surface area contributed by atoms with Crippen molar-refractivity contribution in [3.63, 3.8) is 0 Å². The van der Waals surface area contributed by atoms with Gasteiger partial charge in [0.05, 0.1) is 0 Å². The Bertz CT molecular complexity index is 293. The lowest BCUT2D eigenvalue weighted by molar-refractivity contribution is 0.319. The lowest BCUT2D eigenvalue weighted by Crippen LogP contribution is -2.03. The van der Waals surface area contributed by atoms with Crippen LogP contribution in [0.4, 0.5) is 0 Å². The van der Waals surface area contributed by atoms with E-state index in [1.54, 1.807) is 6.07 Å². The van der Waals surface area contributed by atoms with Crippen LogP contribution in [-0.2, 0) is 0 Å². The molecule has 1 aromatic heterocycles. The normalized spacial score (nSPS) is 19.7. The molecule has 1 saturated carbocycles. The van der Waals surface area contributed by atoms with E-state index >= 15 is 0 Å². The third-order valence-electron chi connectivity index (χ3n) is 2.55. The maximum absolute atomic E-state index is 10.8. The molecular weight excluding hydrogens is 154 g/mol. The van der Waals surface area contributed by atoms with Gasteiger partial charge in [0.2, 0.25) is 0 Å². The Morgan fingerprint density at radius 3 is 2.67 bits per heavy atom. The fourth-order valence-electron chi connectivity index (χ4n) is 1.89. The van der Waals surface area contributed by atoms with Gasteiger partial charge in [-0.3, -0.25) is 4.79 Å². The second-order valence-corrected chi connectivity index (χ2v) is 3.45. The van der Waals surface area contributed by atoms with Crippen LogP contribution in [0.2, 0.25) is 0 Å². The van der Waals surface area contributed by atoms with Crippen molar-refractivity contribution in [1.82, 2.24) is 5.16 Å². The van der Waals surface area contributed by atoms with Gasteiger partial charge in [-0.2, -0.15) is 5.16 Å². The van der Waals surface area contributed by atoms with Crippen LogP contribution in [0.3, 0.4) is 0 Å². The fourth-order valence-corrected chi connectivity index (χ4v) is 1.89. The van der Waals surface area contributed by atoms with Crippen molar-refractivity contribution in [3.8, 4) is 0 Å². The SMILES string of the molecule is O=c1cc(C2CCCCC2)o[nH]1. The molecule has 1 aliphatic carbocycles. The number of rotatable bonds is 1. The molecule has 0 aromatic carbocycles. The predicted octanol–water partition coefficient (Wildman–Crippen LogP) is 2.02. The highest BCUT2D eigenvalue weighted by atomic mass is 16.5. The van der Waals surface area contributed by atoms with Gasteiger partial charge in [0, 0.05) is 12.0 Å². The first-order valence-corrected chi connectivity index (χ1v) is 4.54. The van der Waals surface area contributed by atoms with Gasteiger partial charge in [-0.25, -0.2) is 0 Å². The summed E-state index contributed by atoms with van der Waals surface area (Å²) in [6, 6.07) is 1.58. The number of H-pyrrole nitrogens is 1. The highest BCUT2D eigenvalue weighted by Crippen LogP contribution is 2.31. The van der Waals surface area contributed by atoms with E-state index in [4.69, 9.17) is 4.52 Å². The second-order valence-electron chi connectivity index (χ2n) is 3.45. The number of hydrogen-bond donors (Lipinski definition) is 1. The zero-order valence-corrected chi connectivity index (χ0v) is 7.01. The molecule has 66 valence electrons. The van der Waals surface area contributed by atoms with Crippen LogP contribution >= 0.6 is 0 Å². The van der Waals surface area contributed by atoms with Crippen LogP contribution < -0.4 is 5.56 Å². The summed E-state index contributed by atoms with van der Waals surface area (Å²) in [5, 5.41) is 2.34. The van der Waals surface area contributed by atoms with E-state index in [-0.39, 0.29) is 5.56 Å². The van der Waals surface area contributed by atoms with Gasteiger partial charge in [-0.15, -0.1) is 0 Å². The molecule has 0 bridgehead atoms. The number of nitrogens with one attached hydrogen (secondary N) is 1. The van der Waals surface area contributed by atoms with Gasteiger partial charge in [0.25, 0.3) is 5.56 Å². The molecule has 1 aliphatic rings. The smallest absolute Gasteiger partial charge is 0.280 e. The molecule has 0 radical (unpaired) electrons. The topological polar surface area (TPSA) is 46.0 Å². The Morgan fingerprint density at radius 2 is 2.08 bits per heavy atom. The minimum absolute atomic E-state index is 0.115. The van der Waals surface area contributed by atoms with E-state index in [2.05, 4.69) is 5.16 Å². The molecule has 1 fully saturated rings. The van der Waals surface area contributed by atoms with Gasteiger partial charge < -0.3 is 4.52 Å². The van der Waals surface area contributed by atoms with Gasteiger partial charge >= 0.3 is 0 Å². The monoisotopic (exact) mass is 167 g/mol. The average Bonchev–Trinajstić information content (AvgIpc) is 2.54. The van der Waals surface area contributed by atoms with E-state index < -0.39 is 0 Å². The van der Waals surface area contributed by atoms with Crippen LogP contribution in [0.25, 0.3) is 0 Å². The molecule has 0 atom stereocenters. The van der Waals surface area contributed by atoms with Crippen LogP contribution in [0.5, 0.6) is 0 Å². The van der Waals surface area contributed by atoms with Gasteiger partial charge in [-0.05, 0) is 12.8 Å². The Labute approximate surface area is 70.7 Å². The van der Waals surface area contributed by atoms with Gasteiger partial charge in [-0.1, -0.05) is 19.3 Å². The molecular formula is C9H13NO2. The Hall–Kier alpha value is -0.990. The summed E-state index contributed by atoms with van der Waals surface area (Å²) in [6.07, 6.45) is 6.19. The maximum Gasteiger partial charge on any atom is 0.280 e. The number of hydrogen-bond acceptors (Lipinski definition) is 2. The lowest BCUT2D eigenvalue weighted by atomic mass is 9.88. The first-order chi connectivity index (χ1) is 5.86. The van der Waals surface area contributed by atoms with Crippen molar-refractivity contribution in [2.45, 2.75) is 38.0 Å². The van der Waals surface area contributed by atoms with E-state index in [0.717, 1.165) is 5.76 Å². The molecule has 12 heavy (non-hydrogen) atoms. The van der Waals surface area contributed by atoms with Gasteiger partial charge in [0.15, 0.2) is 0 Å². The Morgan fingerprint density at radius 1 is 1.33 bits per heavy atom. The van der Waals surface area contributed by atoms with Crippen molar-refractivity contribution in [2.75, 3.05) is 0 Å². The molecule has 0 saturated heterocycles. The van der Waals surface area contributed by atoms with E-state index in [1.807, 2.05) is 0 Å². The average molecular weight is 167 g/mol. The molecule has 2 rings (SSSR count). The van der Waals surface area contributed by atoms with Crippen LogP contribution in [0, 0.1) is 0 Å². The maximum atomic E-state index is 10.8. The highest BCUT2D eigenvalue weighted by Gasteiger charge is 2.18. The van der Waals surface area contributed by atoms with E-state index in [9.17, 15) is 4.79 Å². The number of aromatic nitrogens is 1. The largest absolute Gasteiger partial charge is 0.383 e. The number of aromatic amines is 1. The minimum atomic E-state index is -0.115. The van der Waals surface area contributed by atoms with E-state index in [0.29, 0.717) is 5.92 Å². The third-order valence-corrected chi connectivity index (χ3v) is 2.55. The Balaban J connectivity index is 2.13. The van der Waals surface area contributed by atoms with Gasteiger partial charge in [0.1, 0.15) is 5.76 Å². The summed E-state index contributed by atoms with van der Waals surface area (Å²) in [7, 11) is 0. The molecule has 1 N–H and O–H groups in total. The molecule has 0 aliphatic heterocycles. The zero-order chi connectivity index (χ0) is 8.39. The third kappa shape index (κ3) is 1.44. The summed E-state index contributed by atoms with van der Waals surface area (Å²) >= 11 is 0. The van der Waals surface area contributed by atoms with Crippen molar-refractivity contribution < 1.29 is 4.52 Å². The van der Waals surface area contributed by atoms with Crippen LogP contribution in [-0.4, -0.2) is 5.16 Å². The molecule has 3 nitrogen and oxygen atoms in total. The quantitative estimate of drug-likeness (QED) is 0.695. The summed E-state index contributed by atoms with van der Waals surface area (Å²) in [5.41, 5.74) is -0.115. The van der Waals surface area contributed by atoms with Crippen LogP contribution in [0.1, 0.15) is 43.8 Å². The summed E-state index contributed by atoms with van der Waals surface area (Å²) in [6.45, 7) is 0.